The number of carbonyl (C=O) groups excluding carboxylic acids is 1. The van der Waals surface area contributed by atoms with Crippen LogP contribution in [0.25, 0.3) is 0 Å². The van der Waals surface area contributed by atoms with Gasteiger partial charge >= 0.3 is 17.3 Å². The first-order valence-electron chi connectivity index (χ1n) is 6.23. The zero-order valence-corrected chi connectivity index (χ0v) is 11.5. The molecule has 1 heterocycles. The molecule has 1 N–H and O–H groups in total. The summed E-state index contributed by atoms with van der Waals surface area (Å²) in [6.45, 7) is 4.02. The van der Waals surface area contributed by atoms with E-state index in [1.165, 1.54) is 0 Å². The molecule has 0 saturated carbocycles. The Bertz CT molecular complexity index is 695. The molecule has 8 heteroatoms. The van der Waals surface area contributed by atoms with E-state index in [1.54, 1.807) is 24.3 Å². The fourth-order valence-corrected chi connectivity index (χ4v) is 1.53. The molecule has 0 atom stereocenters. The van der Waals surface area contributed by atoms with Gasteiger partial charge in [0.05, 0.1) is 6.10 Å². The van der Waals surface area contributed by atoms with Crippen LogP contribution in [-0.2, 0) is 6.54 Å². The third kappa shape index (κ3) is 3.85. The molecular formula is C13H14N2O6. The number of benzene rings is 1. The van der Waals surface area contributed by atoms with Crippen LogP contribution in [0, 0.1) is 0 Å². The first-order valence-corrected chi connectivity index (χ1v) is 6.23. The van der Waals surface area contributed by atoms with Crippen LogP contribution in [0.4, 0.5) is 4.79 Å². The smallest absolute Gasteiger partial charge is 0.446 e. The Morgan fingerprint density at radius 2 is 1.76 bits per heavy atom. The molecule has 0 fully saturated rings. The third-order valence-corrected chi connectivity index (χ3v) is 2.40. The highest BCUT2D eigenvalue weighted by Crippen LogP contribution is 2.13. The van der Waals surface area contributed by atoms with E-state index < -0.39 is 17.3 Å². The van der Waals surface area contributed by atoms with Crippen molar-refractivity contribution in [1.29, 1.82) is 0 Å². The molecule has 1 amide bonds. The summed E-state index contributed by atoms with van der Waals surface area (Å²) in [5, 5.41) is 2.43. The second-order valence-corrected chi connectivity index (χ2v) is 4.48. The summed E-state index contributed by atoms with van der Waals surface area (Å²) in [6, 6.07) is 6.26. The zero-order chi connectivity index (χ0) is 15.4. The average Bonchev–Trinajstić information content (AvgIpc) is 2.77. The average molecular weight is 294 g/mol. The maximum Gasteiger partial charge on any atom is 0.446 e. The highest BCUT2D eigenvalue weighted by molar-refractivity contribution is 5.73. The van der Waals surface area contributed by atoms with Crippen molar-refractivity contribution in [3.8, 4) is 5.75 Å². The number of rotatable bonds is 4. The topological polar surface area (TPSA) is 104 Å². The van der Waals surface area contributed by atoms with Crippen LogP contribution in [0.5, 0.6) is 5.75 Å². The lowest BCUT2D eigenvalue weighted by atomic mass is 10.2. The molecule has 0 aliphatic rings. The fourth-order valence-electron chi connectivity index (χ4n) is 1.53. The highest BCUT2D eigenvalue weighted by Gasteiger charge is 2.12. The number of nitrogens with zero attached hydrogens (tertiary/aromatic N) is 1. The van der Waals surface area contributed by atoms with Crippen LogP contribution in [-0.4, -0.2) is 17.0 Å². The molecule has 0 radical (unpaired) electrons. The highest BCUT2D eigenvalue weighted by atomic mass is 16.7. The van der Waals surface area contributed by atoms with Gasteiger partial charge in [-0.3, -0.25) is 9.05 Å². The molecule has 1 aromatic carbocycles. The SMILES string of the molecule is CC(C)Oc1ccc(CNC(=O)n2oc(=O)c(=O)o2)cc1. The molecule has 112 valence electrons. The molecule has 0 aliphatic heterocycles. The minimum absolute atomic E-state index is 0.0788. The van der Waals surface area contributed by atoms with E-state index in [4.69, 9.17) is 4.74 Å². The number of nitrogens with one attached hydrogen (secondary N) is 1. The van der Waals surface area contributed by atoms with Crippen LogP contribution >= 0.6 is 0 Å². The van der Waals surface area contributed by atoms with Gasteiger partial charge in [-0.2, -0.15) is 0 Å². The summed E-state index contributed by atoms with van der Waals surface area (Å²) >= 11 is 0. The molecule has 8 nitrogen and oxygen atoms in total. The van der Waals surface area contributed by atoms with Gasteiger partial charge in [0.15, 0.2) is 0 Å². The van der Waals surface area contributed by atoms with Crippen LogP contribution in [0.1, 0.15) is 19.4 Å². The molecule has 0 saturated heterocycles. The zero-order valence-electron chi connectivity index (χ0n) is 11.5. The summed E-state index contributed by atoms with van der Waals surface area (Å²) in [7, 11) is 0. The number of hydrogen-bond donors (Lipinski definition) is 1. The number of carbonyl (C=O) groups is 1. The van der Waals surface area contributed by atoms with Gasteiger partial charge in [-0.25, -0.2) is 14.4 Å². The normalized spacial score (nSPS) is 10.6. The predicted octanol–water partition coefficient (Wildman–Crippen LogP) is 0.940. The van der Waals surface area contributed by atoms with Gasteiger partial charge in [0, 0.05) is 11.5 Å². The van der Waals surface area contributed by atoms with E-state index in [2.05, 4.69) is 14.4 Å². The Morgan fingerprint density at radius 3 is 2.29 bits per heavy atom. The van der Waals surface area contributed by atoms with Crippen molar-refractivity contribution in [3.05, 3.63) is 50.7 Å². The van der Waals surface area contributed by atoms with Crippen molar-refractivity contribution in [2.75, 3.05) is 0 Å². The number of amides is 1. The van der Waals surface area contributed by atoms with E-state index in [1.807, 2.05) is 13.8 Å². The van der Waals surface area contributed by atoms with Gasteiger partial charge < -0.3 is 10.1 Å². The lowest BCUT2D eigenvalue weighted by molar-refractivity contribution is 0.110. The van der Waals surface area contributed by atoms with Gasteiger partial charge in [0.2, 0.25) is 0 Å². The van der Waals surface area contributed by atoms with Crippen molar-refractivity contribution in [1.82, 2.24) is 10.2 Å². The molecule has 0 aliphatic carbocycles. The molecule has 2 aromatic rings. The lowest BCUT2D eigenvalue weighted by Gasteiger charge is -2.10. The predicted molar refractivity (Wildman–Crippen MR) is 71.3 cm³/mol. The second-order valence-electron chi connectivity index (χ2n) is 4.48. The Labute approximate surface area is 118 Å². The fraction of sp³-hybridized carbons (Fsp3) is 0.308. The van der Waals surface area contributed by atoms with Crippen molar-refractivity contribution in [3.63, 3.8) is 0 Å². The standard InChI is InChI=1S/C13H14N2O6/c1-8(2)19-10-5-3-9(4-6-10)7-14-13(18)15-20-11(16)12(17)21-15/h3-6,8H,7H2,1-2H3,(H,14,18). The van der Waals surface area contributed by atoms with Gasteiger partial charge in [0.1, 0.15) is 5.75 Å². The summed E-state index contributed by atoms with van der Waals surface area (Å²) < 4.78 is 14.0. The van der Waals surface area contributed by atoms with Crippen molar-refractivity contribution in [2.45, 2.75) is 26.5 Å². The van der Waals surface area contributed by atoms with Crippen LogP contribution in [0.2, 0.25) is 0 Å². The Balaban J connectivity index is 1.95. The molecule has 1 aromatic heterocycles. The van der Waals surface area contributed by atoms with Gasteiger partial charge in [-0.1, -0.05) is 12.1 Å². The first kappa shape index (κ1) is 14.6. The number of hydrogen-bond acceptors (Lipinski definition) is 6. The third-order valence-electron chi connectivity index (χ3n) is 2.40. The van der Waals surface area contributed by atoms with Gasteiger partial charge in [0.25, 0.3) is 0 Å². The lowest BCUT2D eigenvalue weighted by Crippen LogP contribution is -2.27. The van der Waals surface area contributed by atoms with Crippen molar-refractivity contribution >= 4 is 6.03 Å². The number of ether oxygens (including phenoxy) is 1. The molecule has 0 bridgehead atoms. The van der Waals surface area contributed by atoms with Crippen LogP contribution in [0.15, 0.2) is 42.9 Å². The van der Waals surface area contributed by atoms with E-state index in [0.717, 1.165) is 11.3 Å². The largest absolute Gasteiger partial charge is 0.491 e. The molecule has 21 heavy (non-hydrogen) atoms. The van der Waals surface area contributed by atoms with E-state index in [0.29, 0.717) is 0 Å². The summed E-state index contributed by atoms with van der Waals surface area (Å²) in [5.41, 5.74) is -1.67. The molecule has 0 spiro atoms. The summed E-state index contributed by atoms with van der Waals surface area (Å²) in [6.07, 6.45) is 0.0788. The van der Waals surface area contributed by atoms with E-state index in [-0.39, 0.29) is 17.6 Å². The summed E-state index contributed by atoms with van der Waals surface area (Å²) in [4.78, 5) is 33.3. The van der Waals surface area contributed by atoms with E-state index >= 15 is 0 Å². The van der Waals surface area contributed by atoms with Crippen LogP contribution in [0.3, 0.4) is 0 Å². The Hall–Kier alpha value is -2.77. The first-order chi connectivity index (χ1) is 9.95. The monoisotopic (exact) mass is 294 g/mol. The molecular weight excluding hydrogens is 280 g/mol. The molecule has 0 unspecified atom stereocenters. The van der Waals surface area contributed by atoms with Gasteiger partial charge in [-0.15, -0.1) is 0 Å². The quantitative estimate of drug-likeness (QED) is 0.842. The van der Waals surface area contributed by atoms with Crippen molar-refractivity contribution < 1.29 is 18.6 Å². The van der Waals surface area contributed by atoms with E-state index in [9.17, 15) is 14.4 Å². The van der Waals surface area contributed by atoms with Crippen LogP contribution < -0.4 is 21.3 Å². The minimum atomic E-state index is -1.24. The second kappa shape index (κ2) is 6.12. The Kier molecular flexibility index (Phi) is 4.27. The maximum absolute atomic E-state index is 11.6. The number of aromatic nitrogens is 1. The van der Waals surface area contributed by atoms with Gasteiger partial charge in [-0.05, 0) is 31.5 Å². The maximum atomic E-state index is 11.6. The Morgan fingerprint density at radius 1 is 1.19 bits per heavy atom. The summed E-state index contributed by atoms with van der Waals surface area (Å²) in [5.74, 6) is 0.725. The van der Waals surface area contributed by atoms with Crippen molar-refractivity contribution in [2.24, 2.45) is 0 Å². The minimum Gasteiger partial charge on any atom is -0.491 e. The molecule has 2 rings (SSSR count).